The molecule has 2 fully saturated rings. The van der Waals surface area contributed by atoms with Gasteiger partial charge in [-0.15, -0.1) is 0 Å². The first kappa shape index (κ1) is 15.6. The number of nitrogens with zero attached hydrogens (tertiary/aromatic N) is 6. The zero-order valence-electron chi connectivity index (χ0n) is 14.8. The smallest absolute Gasteiger partial charge is 0.135 e. The number of imidazole rings is 1. The molecule has 2 atom stereocenters. The monoisotopic (exact) mass is 326 g/mol. The Balaban J connectivity index is 1.35. The van der Waals surface area contributed by atoms with Crippen LogP contribution in [-0.2, 0) is 13.5 Å². The van der Waals surface area contributed by atoms with Crippen molar-refractivity contribution in [3.8, 4) is 0 Å². The van der Waals surface area contributed by atoms with Gasteiger partial charge in [-0.05, 0) is 25.7 Å². The summed E-state index contributed by atoms with van der Waals surface area (Å²) in [5.41, 5.74) is 2.32. The lowest BCUT2D eigenvalue weighted by Gasteiger charge is -2.23. The predicted molar refractivity (Wildman–Crippen MR) is 94.1 cm³/mol. The van der Waals surface area contributed by atoms with Crippen LogP contribution in [0, 0.1) is 25.7 Å². The van der Waals surface area contributed by atoms with Gasteiger partial charge < -0.3 is 14.4 Å². The topological polar surface area (TPSA) is 50.1 Å². The Morgan fingerprint density at radius 3 is 2.46 bits per heavy atom. The quantitative estimate of drug-likeness (QED) is 0.851. The van der Waals surface area contributed by atoms with E-state index in [2.05, 4.69) is 50.2 Å². The third-order valence-electron chi connectivity index (χ3n) is 5.74. The summed E-state index contributed by atoms with van der Waals surface area (Å²) in [7, 11) is 2.07. The molecule has 2 aromatic rings. The normalized spacial score (nSPS) is 23.9. The second-order valence-electron chi connectivity index (χ2n) is 7.30. The second kappa shape index (κ2) is 6.16. The van der Waals surface area contributed by atoms with Crippen LogP contribution >= 0.6 is 0 Å². The summed E-state index contributed by atoms with van der Waals surface area (Å²) < 4.78 is 2.12. The third kappa shape index (κ3) is 2.79. The Hall–Kier alpha value is -1.95. The van der Waals surface area contributed by atoms with E-state index in [1.165, 1.54) is 24.5 Å². The van der Waals surface area contributed by atoms with Crippen LogP contribution in [0.1, 0.15) is 17.1 Å². The molecule has 6 heteroatoms. The van der Waals surface area contributed by atoms with Crippen molar-refractivity contribution < 1.29 is 0 Å². The molecule has 2 aromatic heterocycles. The molecule has 0 saturated carbocycles. The largest absolute Gasteiger partial charge is 0.356 e. The molecule has 2 unspecified atom stereocenters. The highest BCUT2D eigenvalue weighted by Gasteiger charge is 2.40. The minimum atomic E-state index is 0.765. The highest BCUT2D eigenvalue weighted by atomic mass is 15.3. The molecule has 0 bridgehead atoms. The van der Waals surface area contributed by atoms with Crippen LogP contribution in [0.3, 0.4) is 0 Å². The van der Waals surface area contributed by atoms with E-state index in [0.29, 0.717) is 0 Å². The summed E-state index contributed by atoms with van der Waals surface area (Å²) in [5.74, 6) is 3.85. The summed E-state index contributed by atoms with van der Waals surface area (Å²) >= 11 is 0. The number of hydrogen-bond donors (Lipinski definition) is 0. The SMILES string of the molecule is Cc1ncnc(N2CC3CN(CCc4nccn4C)CC3C2)c1C. The van der Waals surface area contributed by atoms with E-state index in [1.54, 1.807) is 6.33 Å². The van der Waals surface area contributed by atoms with Gasteiger partial charge in [0.05, 0.1) is 0 Å². The molecule has 2 saturated heterocycles. The van der Waals surface area contributed by atoms with Crippen LogP contribution < -0.4 is 4.90 Å². The lowest BCUT2D eigenvalue weighted by molar-refractivity contribution is 0.317. The van der Waals surface area contributed by atoms with E-state index >= 15 is 0 Å². The van der Waals surface area contributed by atoms with E-state index in [-0.39, 0.29) is 0 Å². The van der Waals surface area contributed by atoms with Crippen LogP contribution in [0.4, 0.5) is 5.82 Å². The van der Waals surface area contributed by atoms with Gasteiger partial charge in [0.15, 0.2) is 0 Å². The zero-order chi connectivity index (χ0) is 16.7. The lowest BCUT2D eigenvalue weighted by Crippen LogP contribution is -2.31. The minimum Gasteiger partial charge on any atom is -0.356 e. The fourth-order valence-corrected chi connectivity index (χ4v) is 4.19. The number of likely N-dealkylation sites (tertiary alicyclic amines) is 1. The van der Waals surface area contributed by atoms with E-state index in [4.69, 9.17) is 0 Å². The average Bonchev–Trinajstić information content (AvgIpc) is 3.22. The van der Waals surface area contributed by atoms with Crippen LogP contribution in [-0.4, -0.2) is 57.1 Å². The number of hydrogen-bond acceptors (Lipinski definition) is 5. The average molecular weight is 326 g/mol. The molecule has 0 spiro atoms. The molecule has 0 radical (unpaired) electrons. The first-order valence-electron chi connectivity index (χ1n) is 8.83. The number of aryl methyl sites for hydroxylation is 2. The Bertz CT molecular complexity index is 710. The molecule has 128 valence electrons. The van der Waals surface area contributed by atoms with Crippen molar-refractivity contribution in [3.05, 3.63) is 35.8 Å². The molecule has 2 aliphatic heterocycles. The first-order chi connectivity index (χ1) is 11.6. The van der Waals surface area contributed by atoms with Crippen molar-refractivity contribution in [2.75, 3.05) is 37.6 Å². The number of fused-ring (bicyclic) bond motifs is 1. The molecule has 0 aliphatic carbocycles. The van der Waals surface area contributed by atoms with Gasteiger partial charge in [0.1, 0.15) is 18.0 Å². The van der Waals surface area contributed by atoms with E-state index < -0.39 is 0 Å². The van der Waals surface area contributed by atoms with Gasteiger partial charge in [0.2, 0.25) is 0 Å². The summed E-state index contributed by atoms with van der Waals surface area (Å²) in [6.07, 6.45) is 6.65. The Morgan fingerprint density at radius 2 is 1.79 bits per heavy atom. The van der Waals surface area contributed by atoms with Crippen molar-refractivity contribution in [2.45, 2.75) is 20.3 Å². The third-order valence-corrected chi connectivity index (χ3v) is 5.74. The van der Waals surface area contributed by atoms with Gasteiger partial charge in [0, 0.05) is 69.8 Å². The van der Waals surface area contributed by atoms with Crippen LogP contribution in [0.5, 0.6) is 0 Å². The molecule has 24 heavy (non-hydrogen) atoms. The Kier molecular flexibility index (Phi) is 4.00. The van der Waals surface area contributed by atoms with Crippen molar-refractivity contribution in [1.82, 2.24) is 24.4 Å². The molecule has 4 heterocycles. The maximum Gasteiger partial charge on any atom is 0.135 e. The van der Waals surface area contributed by atoms with Crippen LogP contribution in [0.15, 0.2) is 18.7 Å². The fourth-order valence-electron chi connectivity index (χ4n) is 4.19. The van der Waals surface area contributed by atoms with Gasteiger partial charge >= 0.3 is 0 Å². The molecular formula is C18H26N6. The summed E-state index contributed by atoms with van der Waals surface area (Å²) in [6.45, 7) is 9.98. The Morgan fingerprint density at radius 1 is 1.04 bits per heavy atom. The van der Waals surface area contributed by atoms with Gasteiger partial charge in [-0.1, -0.05) is 0 Å². The molecular weight excluding hydrogens is 300 g/mol. The maximum absolute atomic E-state index is 4.54. The molecule has 0 N–H and O–H groups in total. The molecule has 6 nitrogen and oxygen atoms in total. The fraction of sp³-hybridized carbons (Fsp3) is 0.611. The molecule has 0 amide bonds. The van der Waals surface area contributed by atoms with E-state index in [9.17, 15) is 0 Å². The standard InChI is InChI=1S/C18H26N6/c1-13-14(2)20-12-21-18(13)24-10-15-8-23(9-16(15)11-24)6-4-17-19-5-7-22(17)3/h5,7,12,15-16H,4,6,8-11H2,1-3H3. The summed E-state index contributed by atoms with van der Waals surface area (Å²) in [5, 5.41) is 0. The van der Waals surface area contributed by atoms with E-state index in [1.807, 2.05) is 12.4 Å². The Labute approximate surface area is 143 Å². The zero-order valence-corrected chi connectivity index (χ0v) is 14.8. The predicted octanol–water partition coefficient (Wildman–Crippen LogP) is 1.44. The van der Waals surface area contributed by atoms with Gasteiger partial charge in [0.25, 0.3) is 0 Å². The summed E-state index contributed by atoms with van der Waals surface area (Å²) in [6, 6.07) is 0. The second-order valence-corrected chi connectivity index (χ2v) is 7.30. The number of anilines is 1. The van der Waals surface area contributed by atoms with Crippen molar-refractivity contribution in [1.29, 1.82) is 0 Å². The number of aromatic nitrogens is 4. The van der Waals surface area contributed by atoms with Crippen LogP contribution in [0.2, 0.25) is 0 Å². The lowest BCUT2D eigenvalue weighted by atomic mass is 10.0. The van der Waals surface area contributed by atoms with E-state index in [0.717, 1.165) is 49.4 Å². The van der Waals surface area contributed by atoms with Crippen molar-refractivity contribution in [2.24, 2.45) is 18.9 Å². The summed E-state index contributed by atoms with van der Waals surface area (Å²) in [4.78, 5) is 18.3. The highest BCUT2D eigenvalue weighted by Crippen LogP contribution is 2.34. The van der Waals surface area contributed by atoms with Gasteiger partial charge in [-0.2, -0.15) is 0 Å². The van der Waals surface area contributed by atoms with Crippen LogP contribution in [0.25, 0.3) is 0 Å². The number of rotatable bonds is 4. The highest BCUT2D eigenvalue weighted by molar-refractivity contribution is 5.48. The van der Waals surface area contributed by atoms with Gasteiger partial charge in [-0.3, -0.25) is 0 Å². The molecule has 0 aromatic carbocycles. The van der Waals surface area contributed by atoms with Gasteiger partial charge in [-0.25, -0.2) is 15.0 Å². The van der Waals surface area contributed by atoms with Crippen molar-refractivity contribution >= 4 is 5.82 Å². The molecule has 2 aliphatic rings. The molecule has 4 rings (SSSR count). The first-order valence-corrected chi connectivity index (χ1v) is 8.83. The van der Waals surface area contributed by atoms with Crippen molar-refractivity contribution in [3.63, 3.8) is 0 Å². The minimum absolute atomic E-state index is 0.765. The maximum atomic E-state index is 4.54.